The van der Waals surface area contributed by atoms with Gasteiger partial charge in [-0.05, 0) is 56.5 Å². The van der Waals surface area contributed by atoms with Crippen LogP contribution in [0.1, 0.15) is 34.8 Å². The average Bonchev–Trinajstić information content (AvgIpc) is 2.84. The molecular weight excluding hydrogens is 484 g/mol. The van der Waals surface area contributed by atoms with Gasteiger partial charge in [-0.25, -0.2) is 14.4 Å². The van der Waals surface area contributed by atoms with E-state index < -0.39 is 23.7 Å². The van der Waals surface area contributed by atoms with Gasteiger partial charge in [-0.1, -0.05) is 17.7 Å². The molecule has 0 bridgehead atoms. The van der Waals surface area contributed by atoms with Crippen molar-refractivity contribution < 1.29 is 28.3 Å². The topological polar surface area (TPSA) is 124 Å². The van der Waals surface area contributed by atoms with E-state index in [0.29, 0.717) is 34.4 Å². The smallest absolute Gasteiger partial charge is 0.411 e. The first kappa shape index (κ1) is 26.8. The summed E-state index contributed by atoms with van der Waals surface area (Å²) in [6.45, 7) is 3.59. The number of thioether (sulfide) groups is 1. The highest BCUT2D eigenvalue weighted by molar-refractivity contribution is 7.98. The molecule has 36 heavy (non-hydrogen) atoms. The standard InChI is InChI=1S/C26H28N2O7S/c1-4-33-26(32)27-19-8-9-20-18(13-23(29)35-22(20)14-19)15-34-25(31)21(10-11-36-3)28-24(30)17-7-5-6-16(2)12-17/h5-9,12-14,21H,4,10-11,15H2,1-3H3,(H,27,32)(H,28,30)/t21-/m0/s1. The highest BCUT2D eigenvalue weighted by atomic mass is 32.2. The number of aryl methyl sites for hydroxylation is 1. The van der Waals surface area contributed by atoms with Gasteiger partial charge < -0.3 is 19.2 Å². The molecule has 0 aliphatic heterocycles. The van der Waals surface area contributed by atoms with Crippen molar-refractivity contribution >= 4 is 46.4 Å². The summed E-state index contributed by atoms with van der Waals surface area (Å²) in [7, 11) is 0. The molecule has 10 heteroatoms. The van der Waals surface area contributed by atoms with E-state index in [-0.39, 0.29) is 24.7 Å². The van der Waals surface area contributed by atoms with Crippen LogP contribution in [0, 0.1) is 6.92 Å². The van der Waals surface area contributed by atoms with Crippen LogP contribution in [-0.4, -0.2) is 42.6 Å². The average molecular weight is 513 g/mol. The highest BCUT2D eigenvalue weighted by Crippen LogP contribution is 2.22. The maximum absolute atomic E-state index is 12.9. The minimum atomic E-state index is -0.850. The fourth-order valence-corrected chi connectivity index (χ4v) is 3.95. The predicted molar refractivity (Wildman–Crippen MR) is 138 cm³/mol. The fraction of sp³-hybridized carbons (Fsp3) is 0.308. The van der Waals surface area contributed by atoms with Crippen LogP contribution in [0.5, 0.6) is 0 Å². The molecule has 1 heterocycles. The lowest BCUT2D eigenvalue weighted by atomic mass is 10.1. The van der Waals surface area contributed by atoms with Gasteiger partial charge in [0.05, 0.1) is 6.61 Å². The molecule has 3 rings (SSSR count). The van der Waals surface area contributed by atoms with Crippen LogP contribution in [0.4, 0.5) is 10.5 Å². The summed E-state index contributed by atoms with van der Waals surface area (Å²) < 4.78 is 15.6. The zero-order valence-electron chi connectivity index (χ0n) is 20.3. The van der Waals surface area contributed by atoms with Crippen molar-refractivity contribution in [2.24, 2.45) is 0 Å². The second kappa shape index (κ2) is 12.8. The number of fused-ring (bicyclic) bond motifs is 1. The summed E-state index contributed by atoms with van der Waals surface area (Å²) >= 11 is 1.55. The first-order chi connectivity index (χ1) is 17.3. The number of anilines is 1. The second-order valence-electron chi connectivity index (χ2n) is 7.93. The lowest BCUT2D eigenvalue weighted by Gasteiger charge is -2.18. The second-order valence-corrected chi connectivity index (χ2v) is 8.92. The summed E-state index contributed by atoms with van der Waals surface area (Å²) in [5, 5.41) is 5.84. The molecule has 0 radical (unpaired) electrons. The van der Waals surface area contributed by atoms with Gasteiger partial charge in [0.1, 0.15) is 18.2 Å². The molecule has 1 aromatic heterocycles. The van der Waals surface area contributed by atoms with Gasteiger partial charge in [-0.2, -0.15) is 11.8 Å². The van der Waals surface area contributed by atoms with E-state index in [1.165, 1.54) is 12.1 Å². The molecule has 0 fully saturated rings. The summed E-state index contributed by atoms with van der Waals surface area (Å²) in [5.41, 5.74) is 1.79. The number of carbonyl (C=O) groups is 3. The van der Waals surface area contributed by atoms with Gasteiger partial charge in [0.2, 0.25) is 0 Å². The molecule has 0 aliphatic carbocycles. The summed E-state index contributed by atoms with van der Waals surface area (Å²) in [6.07, 6.45) is 1.66. The Kier molecular flexibility index (Phi) is 9.52. The zero-order valence-corrected chi connectivity index (χ0v) is 21.1. The lowest BCUT2D eigenvalue weighted by molar-refractivity contribution is -0.147. The SMILES string of the molecule is CCOC(=O)Nc1ccc2c(COC(=O)[C@H](CCSC)NC(=O)c3cccc(C)c3)cc(=O)oc2c1. The number of ether oxygens (including phenoxy) is 2. The third kappa shape index (κ3) is 7.35. The van der Waals surface area contributed by atoms with Crippen LogP contribution >= 0.6 is 11.8 Å². The molecule has 0 saturated carbocycles. The maximum Gasteiger partial charge on any atom is 0.411 e. The molecule has 190 valence electrons. The number of amides is 2. The van der Waals surface area contributed by atoms with E-state index in [1.807, 2.05) is 19.2 Å². The number of nitrogens with one attached hydrogen (secondary N) is 2. The largest absolute Gasteiger partial charge is 0.459 e. The third-order valence-corrected chi connectivity index (χ3v) is 5.85. The van der Waals surface area contributed by atoms with Gasteiger partial charge in [0.15, 0.2) is 0 Å². The maximum atomic E-state index is 12.9. The van der Waals surface area contributed by atoms with Gasteiger partial charge in [0, 0.05) is 34.3 Å². The fourth-order valence-electron chi connectivity index (χ4n) is 3.47. The number of carbonyl (C=O) groups excluding carboxylic acids is 3. The van der Waals surface area contributed by atoms with Crippen LogP contribution in [0.3, 0.4) is 0 Å². The van der Waals surface area contributed by atoms with E-state index in [1.54, 1.807) is 49.0 Å². The number of esters is 1. The minimum Gasteiger partial charge on any atom is -0.459 e. The zero-order chi connectivity index (χ0) is 26.1. The molecule has 3 aromatic rings. The van der Waals surface area contributed by atoms with E-state index in [9.17, 15) is 19.2 Å². The van der Waals surface area contributed by atoms with Crippen LogP contribution in [0.25, 0.3) is 11.0 Å². The Balaban J connectivity index is 1.74. The number of benzene rings is 2. The molecule has 9 nitrogen and oxygen atoms in total. The number of hydrogen-bond donors (Lipinski definition) is 2. The normalized spacial score (nSPS) is 11.5. The summed E-state index contributed by atoms with van der Waals surface area (Å²) in [6, 6.07) is 12.2. The van der Waals surface area contributed by atoms with Crippen molar-refractivity contribution in [3.05, 3.63) is 75.6 Å². The molecule has 0 saturated heterocycles. The van der Waals surface area contributed by atoms with Crippen molar-refractivity contribution in [1.29, 1.82) is 0 Å². The van der Waals surface area contributed by atoms with E-state index in [4.69, 9.17) is 13.9 Å². The molecule has 0 aliphatic rings. The van der Waals surface area contributed by atoms with Crippen LogP contribution in [-0.2, 0) is 20.9 Å². The Bertz CT molecular complexity index is 1300. The third-order valence-electron chi connectivity index (χ3n) is 5.20. The van der Waals surface area contributed by atoms with Crippen molar-refractivity contribution in [2.45, 2.75) is 32.9 Å². The molecule has 2 N–H and O–H groups in total. The van der Waals surface area contributed by atoms with Crippen LogP contribution in [0.2, 0.25) is 0 Å². The van der Waals surface area contributed by atoms with Crippen molar-refractivity contribution in [3.8, 4) is 0 Å². The molecular formula is C26H28N2O7S. The Hall–Kier alpha value is -3.79. The van der Waals surface area contributed by atoms with Gasteiger partial charge >= 0.3 is 17.7 Å². The molecule has 0 spiro atoms. The van der Waals surface area contributed by atoms with E-state index in [0.717, 1.165) is 5.56 Å². The van der Waals surface area contributed by atoms with E-state index >= 15 is 0 Å². The first-order valence-electron chi connectivity index (χ1n) is 11.3. The summed E-state index contributed by atoms with van der Waals surface area (Å²) in [4.78, 5) is 49.4. The Morgan fingerprint density at radius 2 is 1.89 bits per heavy atom. The quantitative estimate of drug-likeness (QED) is 0.305. The predicted octanol–water partition coefficient (Wildman–Crippen LogP) is 4.26. The first-order valence-corrected chi connectivity index (χ1v) is 12.7. The number of hydrogen-bond acceptors (Lipinski definition) is 8. The van der Waals surface area contributed by atoms with Gasteiger partial charge in [-0.15, -0.1) is 0 Å². The Morgan fingerprint density at radius 3 is 2.61 bits per heavy atom. The summed E-state index contributed by atoms with van der Waals surface area (Å²) in [5.74, 6) is -0.330. The minimum absolute atomic E-state index is 0.193. The van der Waals surface area contributed by atoms with Crippen molar-refractivity contribution in [2.75, 3.05) is 23.9 Å². The molecule has 2 aromatic carbocycles. The van der Waals surface area contributed by atoms with Crippen LogP contribution in [0.15, 0.2) is 57.7 Å². The Labute approximate surface area is 212 Å². The van der Waals surface area contributed by atoms with Crippen molar-refractivity contribution in [1.82, 2.24) is 5.32 Å². The molecule has 0 unspecified atom stereocenters. The monoisotopic (exact) mass is 512 g/mol. The lowest BCUT2D eigenvalue weighted by Crippen LogP contribution is -2.42. The highest BCUT2D eigenvalue weighted by Gasteiger charge is 2.23. The molecule has 1 atom stereocenters. The van der Waals surface area contributed by atoms with E-state index in [2.05, 4.69) is 10.6 Å². The van der Waals surface area contributed by atoms with Gasteiger partial charge in [0.25, 0.3) is 5.91 Å². The molecule has 2 amide bonds. The Morgan fingerprint density at radius 1 is 1.08 bits per heavy atom. The van der Waals surface area contributed by atoms with Crippen molar-refractivity contribution in [3.63, 3.8) is 0 Å². The van der Waals surface area contributed by atoms with Crippen LogP contribution < -0.4 is 16.3 Å². The number of rotatable bonds is 10. The van der Waals surface area contributed by atoms with Gasteiger partial charge in [-0.3, -0.25) is 10.1 Å².